The van der Waals surface area contributed by atoms with Crippen LogP contribution < -0.4 is 5.32 Å². The van der Waals surface area contributed by atoms with Gasteiger partial charge in [0.25, 0.3) is 5.24 Å². The molecule has 70 valence electrons. The fourth-order valence-corrected chi connectivity index (χ4v) is 1.69. The molecule has 0 aliphatic carbocycles. The van der Waals surface area contributed by atoms with Gasteiger partial charge in [-0.2, -0.15) is 0 Å². The van der Waals surface area contributed by atoms with E-state index >= 15 is 0 Å². The summed E-state index contributed by atoms with van der Waals surface area (Å²) in [7, 11) is 0. The molecular weight excluding hydrogens is 198 g/mol. The predicted molar refractivity (Wildman–Crippen MR) is 55.5 cm³/mol. The summed E-state index contributed by atoms with van der Waals surface area (Å²) in [5.41, 5.74) is 1.25. The molecule has 1 fully saturated rings. The predicted octanol–water partition coefficient (Wildman–Crippen LogP) is 2.01. The molecule has 0 spiro atoms. The van der Waals surface area contributed by atoms with Crippen molar-refractivity contribution in [1.82, 2.24) is 5.32 Å². The van der Waals surface area contributed by atoms with Crippen LogP contribution in [-0.2, 0) is 4.79 Å². The van der Waals surface area contributed by atoms with Gasteiger partial charge in [0.1, 0.15) is 0 Å². The molecule has 14 heavy (non-hydrogen) atoms. The quantitative estimate of drug-likeness (QED) is 0.713. The molecule has 0 radical (unpaired) electrons. The van der Waals surface area contributed by atoms with Crippen LogP contribution in [0.3, 0.4) is 0 Å². The van der Waals surface area contributed by atoms with Crippen molar-refractivity contribution in [2.75, 3.05) is 0 Å². The summed E-state index contributed by atoms with van der Waals surface area (Å²) in [6, 6.07) is 9.39. The maximum atomic E-state index is 11.2. The molecule has 0 aromatic heterocycles. The van der Waals surface area contributed by atoms with Crippen LogP contribution in [0.1, 0.15) is 5.56 Å². The molecule has 0 saturated carbocycles. The Kier molecular flexibility index (Phi) is 2.37. The number of rotatable bonds is 1. The van der Waals surface area contributed by atoms with E-state index in [0.29, 0.717) is 17.5 Å². The normalized spacial score (nSPS) is 18.7. The number of thioether (sulfide) groups is 1. The molecule has 1 aromatic rings. The summed E-state index contributed by atoms with van der Waals surface area (Å²) in [5, 5.41) is 1.96. The van der Waals surface area contributed by atoms with Crippen LogP contribution in [0, 0.1) is 0 Å². The summed E-state index contributed by atoms with van der Waals surface area (Å²) in [6.07, 6.45) is 1.67. The molecule has 1 heterocycles. The second kappa shape index (κ2) is 3.67. The van der Waals surface area contributed by atoms with E-state index in [1.165, 1.54) is 0 Å². The van der Waals surface area contributed by atoms with Gasteiger partial charge in [-0.1, -0.05) is 30.3 Å². The molecule has 1 aromatic carbocycles. The molecule has 3 nitrogen and oxygen atoms in total. The fraction of sp³-hybridized carbons (Fsp3) is 0. The SMILES string of the molecule is O=C1NC(=Cc2ccccc2)C(=O)S1. The van der Waals surface area contributed by atoms with Gasteiger partial charge in [-0.3, -0.25) is 9.59 Å². The fourth-order valence-electron chi connectivity index (χ4n) is 1.14. The Hall–Kier alpha value is -1.55. The number of carbonyl (C=O) groups is 2. The Morgan fingerprint density at radius 2 is 1.86 bits per heavy atom. The Morgan fingerprint density at radius 3 is 2.43 bits per heavy atom. The molecule has 1 N–H and O–H groups in total. The number of carbonyl (C=O) groups excluding carboxylic acids is 2. The van der Waals surface area contributed by atoms with Crippen LogP contribution in [0.2, 0.25) is 0 Å². The summed E-state index contributed by atoms with van der Waals surface area (Å²) in [4.78, 5) is 22.0. The monoisotopic (exact) mass is 205 g/mol. The van der Waals surface area contributed by atoms with Crippen molar-refractivity contribution in [3.8, 4) is 0 Å². The van der Waals surface area contributed by atoms with E-state index in [-0.39, 0.29) is 10.4 Å². The second-order valence-corrected chi connectivity index (χ2v) is 3.72. The van der Waals surface area contributed by atoms with Crippen molar-refractivity contribution < 1.29 is 9.59 Å². The van der Waals surface area contributed by atoms with Gasteiger partial charge in [-0.15, -0.1) is 0 Å². The van der Waals surface area contributed by atoms with Crippen molar-refractivity contribution >= 4 is 28.2 Å². The maximum Gasteiger partial charge on any atom is 0.291 e. The zero-order valence-electron chi connectivity index (χ0n) is 7.19. The molecule has 1 saturated heterocycles. The first-order chi connectivity index (χ1) is 6.75. The van der Waals surface area contributed by atoms with E-state index in [1.54, 1.807) is 6.08 Å². The van der Waals surface area contributed by atoms with Crippen LogP contribution >= 0.6 is 11.8 Å². The van der Waals surface area contributed by atoms with Crippen LogP contribution in [-0.4, -0.2) is 10.4 Å². The van der Waals surface area contributed by atoms with E-state index in [4.69, 9.17) is 0 Å². The largest absolute Gasteiger partial charge is 0.313 e. The lowest BCUT2D eigenvalue weighted by Crippen LogP contribution is -2.10. The van der Waals surface area contributed by atoms with Crippen molar-refractivity contribution in [2.45, 2.75) is 0 Å². The molecule has 1 amide bonds. The maximum absolute atomic E-state index is 11.2. The summed E-state index contributed by atoms with van der Waals surface area (Å²) in [6.45, 7) is 0. The highest BCUT2D eigenvalue weighted by Crippen LogP contribution is 2.20. The topological polar surface area (TPSA) is 46.2 Å². The third-order valence-electron chi connectivity index (χ3n) is 1.75. The number of nitrogens with one attached hydrogen (secondary N) is 1. The smallest absolute Gasteiger partial charge is 0.291 e. The van der Waals surface area contributed by atoms with Gasteiger partial charge in [0.2, 0.25) is 5.12 Å². The Bertz CT molecular complexity index is 411. The number of hydrogen-bond acceptors (Lipinski definition) is 3. The van der Waals surface area contributed by atoms with Crippen molar-refractivity contribution in [1.29, 1.82) is 0 Å². The number of hydrogen-bond donors (Lipinski definition) is 1. The first-order valence-corrected chi connectivity index (χ1v) is 4.87. The van der Waals surface area contributed by atoms with Crippen LogP contribution in [0.4, 0.5) is 4.79 Å². The molecule has 0 atom stereocenters. The first kappa shape index (κ1) is 9.02. The molecule has 1 aliphatic rings. The highest BCUT2D eigenvalue weighted by Gasteiger charge is 2.24. The lowest BCUT2D eigenvalue weighted by Gasteiger charge is -1.94. The standard InChI is InChI=1S/C10H7NO2S/c12-9-8(11-10(13)14-9)6-7-4-2-1-3-5-7/h1-6H,(H,11,13). The Balaban J connectivity index is 2.28. The lowest BCUT2D eigenvalue weighted by atomic mass is 10.2. The molecule has 1 aliphatic heterocycles. The van der Waals surface area contributed by atoms with Crippen molar-refractivity contribution in [3.05, 3.63) is 41.6 Å². The summed E-state index contributed by atoms with van der Waals surface area (Å²) in [5.74, 6) is 0. The zero-order chi connectivity index (χ0) is 9.97. The van der Waals surface area contributed by atoms with E-state index in [0.717, 1.165) is 5.56 Å². The second-order valence-electron chi connectivity index (χ2n) is 2.77. The first-order valence-electron chi connectivity index (χ1n) is 4.05. The minimum Gasteiger partial charge on any atom is -0.313 e. The van der Waals surface area contributed by atoms with Gasteiger partial charge in [-0.05, 0) is 11.6 Å². The Morgan fingerprint density at radius 1 is 1.14 bits per heavy atom. The highest BCUT2D eigenvalue weighted by molar-refractivity contribution is 8.27. The molecule has 2 rings (SSSR count). The molecular formula is C10H7NO2S. The van der Waals surface area contributed by atoms with E-state index in [2.05, 4.69) is 5.32 Å². The van der Waals surface area contributed by atoms with Gasteiger partial charge in [-0.25, -0.2) is 0 Å². The highest BCUT2D eigenvalue weighted by atomic mass is 32.2. The van der Waals surface area contributed by atoms with Gasteiger partial charge < -0.3 is 5.32 Å². The zero-order valence-corrected chi connectivity index (χ0v) is 8.01. The minimum atomic E-state index is -0.308. The third kappa shape index (κ3) is 1.85. The number of benzene rings is 1. The van der Waals surface area contributed by atoms with Crippen molar-refractivity contribution in [3.63, 3.8) is 0 Å². The summed E-state index contributed by atoms with van der Waals surface area (Å²) >= 11 is 0.691. The van der Waals surface area contributed by atoms with Gasteiger partial charge in [0, 0.05) is 11.8 Å². The number of amides is 1. The van der Waals surface area contributed by atoms with Crippen LogP contribution in [0.5, 0.6) is 0 Å². The van der Waals surface area contributed by atoms with Gasteiger partial charge in [0.15, 0.2) is 0 Å². The molecule has 0 bridgehead atoms. The van der Waals surface area contributed by atoms with E-state index in [1.807, 2.05) is 30.3 Å². The van der Waals surface area contributed by atoms with Gasteiger partial charge >= 0.3 is 0 Å². The molecule has 0 unspecified atom stereocenters. The van der Waals surface area contributed by atoms with E-state index in [9.17, 15) is 9.59 Å². The molecule has 4 heteroatoms. The third-order valence-corrected chi connectivity index (χ3v) is 2.45. The minimum absolute atomic E-state index is 0.223. The van der Waals surface area contributed by atoms with Gasteiger partial charge in [0.05, 0.1) is 5.70 Å². The van der Waals surface area contributed by atoms with E-state index < -0.39 is 0 Å². The van der Waals surface area contributed by atoms with Crippen LogP contribution in [0.25, 0.3) is 6.08 Å². The lowest BCUT2D eigenvalue weighted by molar-refractivity contribution is -0.107. The average molecular weight is 205 g/mol. The van der Waals surface area contributed by atoms with Crippen LogP contribution in [0.15, 0.2) is 36.0 Å². The van der Waals surface area contributed by atoms with Crippen molar-refractivity contribution in [2.24, 2.45) is 0 Å². The summed E-state index contributed by atoms with van der Waals surface area (Å²) < 4.78 is 0. The Labute approximate surface area is 85.2 Å². The average Bonchev–Trinajstić information content (AvgIpc) is 2.47.